The molecule has 4 aromatic rings. The first-order valence-corrected chi connectivity index (χ1v) is 13.5. The van der Waals surface area contributed by atoms with Crippen LogP contribution in [-0.4, -0.2) is 66.5 Å². The van der Waals surface area contributed by atoms with Gasteiger partial charge >= 0.3 is 6.36 Å². The Morgan fingerprint density at radius 2 is 1.85 bits per heavy atom. The van der Waals surface area contributed by atoms with Crippen LogP contribution >= 0.6 is 11.3 Å². The maximum atomic E-state index is 12.5. The van der Waals surface area contributed by atoms with E-state index in [9.17, 15) is 28.5 Å². The molecule has 3 aromatic heterocycles. The topological polar surface area (TPSA) is 172 Å². The molecule has 3 heterocycles. The van der Waals surface area contributed by atoms with Crippen LogP contribution in [0.15, 0.2) is 36.5 Å². The van der Waals surface area contributed by atoms with E-state index in [0.717, 1.165) is 4.70 Å². The highest BCUT2D eigenvalue weighted by Gasteiger charge is 2.41. The number of alkyl halides is 3. The van der Waals surface area contributed by atoms with Gasteiger partial charge in [0, 0.05) is 18.7 Å². The molecule has 0 bridgehead atoms. The van der Waals surface area contributed by atoms with Gasteiger partial charge in [-0.3, -0.25) is 0 Å². The Kier molecular flexibility index (Phi) is 7.87. The smallest absolute Gasteiger partial charge is 0.406 e. The van der Waals surface area contributed by atoms with Gasteiger partial charge in [-0.05, 0) is 44.0 Å². The Hall–Kier alpha value is -3.79. The molecule has 15 heteroatoms. The highest BCUT2D eigenvalue weighted by atomic mass is 32.1. The summed E-state index contributed by atoms with van der Waals surface area (Å²) in [7, 11) is 0. The molecule has 41 heavy (non-hydrogen) atoms. The zero-order chi connectivity index (χ0) is 29.5. The predicted molar refractivity (Wildman–Crippen MR) is 147 cm³/mol. The Morgan fingerprint density at radius 1 is 1.12 bits per heavy atom. The molecule has 5 atom stereocenters. The summed E-state index contributed by atoms with van der Waals surface area (Å²) in [5.74, 6) is -0.0184. The number of hydrogen-bond acceptors (Lipinski definition) is 12. The van der Waals surface area contributed by atoms with Gasteiger partial charge in [0.1, 0.15) is 28.2 Å². The van der Waals surface area contributed by atoms with E-state index >= 15 is 0 Å². The van der Waals surface area contributed by atoms with Gasteiger partial charge in [0.2, 0.25) is 5.95 Å². The summed E-state index contributed by atoms with van der Waals surface area (Å²) in [6, 6.07) is 6.22. The molecule has 1 saturated carbocycles. The molecule has 5 rings (SSSR count). The number of nitrogens with one attached hydrogen (secondary N) is 2. The molecule has 218 valence electrons. The predicted octanol–water partition coefficient (Wildman–Crippen LogP) is 3.63. The number of hydrogen-bond donors (Lipinski definition) is 6. The summed E-state index contributed by atoms with van der Waals surface area (Å²) in [4.78, 5) is 18.0. The standard InChI is InChI=1S/C26H28F3N7O4S/c1-11(13-3-5-15(6-4-13)40-26(27,28)29)32-25-33-12(2)18(24-35-19-17(41-24)7-8-31-22(19)30)23(36-25)34-16-9-14(10-37)20(38)21(16)39/h3-8,11,14,16,20-21,37-39H,9-10H2,1-2H3,(H2,30,31)(H2,32,33,34,36). The summed E-state index contributed by atoms with van der Waals surface area (Å²) in [5.41, 5.74) is 8.32. The number of halogens is 3. The van der Waals surface area contributed by atoms with Gasteiger partial charge in [0.15, 0.2) is 5.82 Å². The largest absolute Gasteiger partial charge is 0.573 e. The van der Waals surface area contributed by atoms with E-state index in [1.54, 1.807) is 26.1 Å². The molecule has 11 nitrogen and oxygen atoms in total. The third-order valence-electron chi connectivity index (χ3n) is 6.96. The van der Waals surface area contributed by atoms with Crippen LogP contribution in [0.5, 0.6) is 5.75 Å². The summed E-state index contributed by atoms with van der Waals surface area (Å²) in [5, 5.41) is 37.6. The molecule has 0 spiro atoms. The van der Waals surface area contributed by atoms with Crippen molar-refractivity contribution in [3.05, 3.63) is 47.8 Å². The van der Waals surface area contributed by atoms with Crippen LogP contribution in [-0.2, 0) is 0 Å². The average molecular weight is 592 g/mol. The van der Waals surface area contributed by atoms with E-state index in [2.05, 4.69) is 35.3 Å². The molecule has 1 aromatic carbocycles. The second kappa shape index (κ2) is 11.2. The van der Waals surface area contributed by atoms with Gasteiger partial charge in [-0.15, -0.1) is 24.5 Å². The Bertz CT molecular complexity index is 1540. The minimum absolute atomic E-state index is 0.214. The maximum Gasteiger partial charge on any atom is 0.573 e. The number of thiazole rings is 1. The van der Waals surface area contributed by atoms with Crippen molar-refractivity contribution >= 4 is 39.1 Å². The fourth-order valence-electron chi connectivity index (χ4n) is 4.84. The van der Waals surface area contributed by atoms with Gasteiger partial charge in [-0.1, -0.05) is 12.1 Å². The van der Waals surface area contributed by atoms with Crippen LogP contribution in [0.3, 0.4) is 0 Å². The molecule has 1 aliphatic rings. The van der Waals surface area contributed by atoms with Gasteiger partial charge in [-0.2, -0.15) is 4.98 Å². The van der Waals surface area contributed by atoms with Crippen molar-refractivity contribution < 1.29 is 33.2 Å². The van der Waals surface area contributed by atoms with Gasteiger partial charge < -0.3 is 36.4 Å². The summed E-state index contributed by atoms with van der Waals surface area (Å²) < 4.78 is 42.3. The van der Waals surface area contributed by atoms with Gasteiger partial charge in [0.25, 0.3) is 0 Å². The van der Waals surface area contributed by atoms with Crippen LogP contribution < -0.4 is 21.1 Å². The third-order valence-corrected chi connectivity index (χ3v) is 8.00. The lowest BCUT2D eigenvalue weighted by atomic mass is 10.1. The Morgan fingerprint density at radius 3 is 2.49 bits per heavy atom. The first-order valence-electron chi connectivity index (χ1n) is 12.7. The van der Waals surface area contributed by atoms with Crippen LogP contribution in [0.4, 0.5) is 30.8 Å². The molecular formula is C26H28F3N7O4S. The van der Waals surface area contributed by atoms with Crippen LogP contribution in [0.25, 0.3) is 20.8 Å². The Balaban J connectivity index is 1.48. The van der Waals surface area contributed by atoms with Crippen molar-refractivity contribution in [1.29, 1.82) is 0 Å². The fraction of sp³-hybridized carbons (Fsp3) is 0.385. The van der Waals surface area contributed by atoms with E-state index in [1.807, 2.05) is 0 Å². The second-order valence-corrected chi connectivity index (χ2v) is 10.8. The lowest BCUT2D eigenvalue weighted by Gasteiger charge is -2.22. The Labute approximate surface area is 236 Å². The zero-order valence-electron chi connectivity index (χ0n) is 21.9. The number of aliphatic hydroxyl groups is 3. The number of aryl methyl sites for hydroxylation is 1. The van der Waals surface area contributed by atoms with Crippen molar-refractivity contribution in [2.75, 3.05) is 23.0 Å². The monoisotopic (exact) mass is 591 g/mol. The van der Waals surface area contributed by atoms with Crippen LogP contribution in [0, 0.1) is 12.8 Å². The number of anilines is 3. The molecule has 0 radical (unpaired) electrons. The number of aliphatic hydroxyl groups excluding tert-OH is 3. The van der Waals surface area contributed by atoms with Gasteiger partial charge in [-0.25, -0.2) is 15.0 Å². The van der Waals surface area contributed by atoms with Crippen molar-refractivity contribution in [1.82, 2.24) is 19.9 Å². The third kappa shape index (κ3) is 6.12. The lowest BCUT2D eigenvalue weighted by Crippen LogP contribution is -2.35. The molecule has 0 amide bonds. The minimum atomic E-state index is -4.78. The molecular weight excluding hydrogens is 563 g/mol. The molecule has 5 unspecified atom stereocenters. The molecule has 7 N–H and O–H groups in total. The van der Waals surface area contributed by atoms with Crippen molar-refractivity contribution in [3.63, 3.8) is 0 Å². The number of rotatable bonds is 8. The number of nitrogens with zero attached hydrogens (tertiary/aromatic N) is 4. The summed E-state index contributed by atoms with van der Waals surface area (Å²) in [6.45, 7) is 3.28. The first kappa shape index (κ1) is 28.7. The van der Waals surface area contributed by atoms with E-state index in [1.165, 1.54) is 35.6 Å². The maximum absolute atomic E-state index is 12.5. The SMILES string of the molecule is Cc1nc(NC(C)c2ccc(OC(F)(F)F)cc2)nc(NC2CC(CO)C(O)C2O)c1-c1nc2c(N)nccc2s1. The van der Waals surface area contributed by atoms with Crippen molar-refractivity contribution in [3.8, 4) is 16.3 Å². The average Bonchev–Trinajstić information content (AvgIpc) is 3.45. The quantitative estimate of drug-likeness (QED) is 0.177. The van der Waals surface area contributed by atoms with Crippen molar-refractivity contribution in [2.24, 2.45) is 5.92 Å². The van der Waals surface area contributed by atoms with Crippen LogP contribution in [0.2, 0.25) is 0 Å². The molecule has 1 aliphatic carbocycles. The number of aromatic nitrogens is 4. The first-order chi connectivity index (χ1) is 19.4. The number of pyridine rings is 1. The summed E-state index contributed by atoms with van der Waals surface area (Å²) >= 11 is 1.36. The summed E-state index contributed by atoms with van der Waals surface area (Å²) in [6.07, 6.45) is -5.17. The van der Waals surface area contributed by atoms with E-state index in [4.69, 9.17) is 5.73 Å². The zero-order valence-corrected chi connectivity index (χ0v) is 22.7. The second-order valence-electron chi connectivity index (χ2n) is 9.81. The number of nitrogen functional groups attached to an aromatic ring is 1. The highest BCUT2D eigenvalue weighted by molar-refractivity contribution is 7.21. The molecule has 1 fully saturated rings. The number of nitrogens with two attached hydrogens (primary N) is 1. The molecule has 0 saturated heterocycles. The normalized spacial score (nSPS) is 21.7. The van der Waals surface area contributed by atoms with E-state index in [-0.39, 0.29) is 24.1 Å². The van der Waals surface area contributed by atoms with Crippen LogP contribution in [0.1, 0.15) is 30.6 Å². The molecule has 0 aliphatic heterocycles. The number of fused-ring (bicyclic) bond motifs is 1. The van der Waals surface area contributed by atoms with Gasteiger partial charge in [0.05, 0.1) is 34.1 Å². The highest BCUT2D eigenvalue weighted by Crippen LogP contribution is 2.39. The van der Waals surface area contributed by atoms with Crippen molar-refractivity contribution in [2.45, 2.75) is 50.9 Å². The lowest BCUT2D eigenvalue weighted by molar-refractivity contribution is -0.274. The van der Waals surface area contributed by atoms with E-state index in [0.29, 0.717) is 39.6 Å². The minimum Gasteiger partial charge on any atom is -0.406 e. The number of benzene rings is 1. The van der Waals surface area contributed by atoms with E-state index < -0.39 is 36.6 Å². The fourth-order valence-corrected chi connectivity index (χ4v) is 5.91. The number of ether oxygens (including phenoxy) is 1.